The summed E-state index contributed by atoms with van der Waals surface area (Å²) in [6.07, 6.45) is 0. The average molecular weight is 420 g/mol. The minimum absolute atomic E-state index is 0.0621. The molecule has 6 nitrogen and oxygen atoms in total. The van der Waals surface area contributed by atoms with E-state index in [1.807, 2.05) is 61.7 Å². The lowest BCUT2D eigenvalue weighted by atomic mass is 10.0. The number of aromatic nitrogens is 1. The van der Waals surface area contributed by atoms with Gasteiger partial charge in [-0.05, 0) is 53.8 Å². The van der Waals surface area contributed by atoms with E-state index < -0.39 is 6.04 Å². The Hall–Kier alpha value is -3.45. The summed E-state index contributed by atoms with van der Waals surface area (Å²) in [4.78, 5) is 30.2. The molecule has 152 valence electrons. The molecule has 4 rings (SSSR count). The fourth-order valence-corrected chi connectivity index (χ4v) is 3.69. The minimum atomic E-state index is -0.642. The van der Waals surface area contributed by atoms with Gasteiger partial charge >= 0.3 is 0 Å². The van der Waals surface area contributed by atoms with E-state index in [2.05, 4.69) is 15.6 Å². The van der Waals surface area contributed by atoms with E-state index in [4.69, 9.17) is 4.42 Å². The SMILES string of the molecule is CC(C)C(NC(=O)c1cccs1)C(=O)Nc1ccc(-c2nc3ccccc3o2)cc1. The van der Waals surface area contributed by atoms with Crippen LogP contribution >= 0.6 is 11.3 Å². The predicted molar refractivity (Wildman–Crippen MR) is 118 cm³/mol. The molecule has 0 aliphatic heterocycles. The molecule has 0 fully saturated rings. The van der Waals surface area contributed by atoms with Crippen LogP contribution in [0.15, 0.2) is 70.5 Å². The highest BCUT2D eigenvalue weighted by molar-refractivity contribution is 7.12. The standard InChI is InChI=1S/C23H21N3O3S/c1-14(2)20(26-21(27)19-8-5-13-30-19)22(28)24-16-11-9-15(10-12-16)23-25-17-6-3-4-7-18(17)29-23/h3-14,20H,1-2H3,(H,24,28)(H,26,27). The Bertz CT molecular complexity index is 1130. The molecular weight excluding hydrogens is 398 g/mol. The molecule has 1 unspecified atom stereocenters. The van der Waals surface area contributed by atoms with E-state index >= 15 is 0 Å². The maximum Gasteiger partial charge on any atom is 0.262 e. The minimum Gasteiger partial charge on any atom is -0.436 e. The Kier molecular flexibility index (Phi) is 5.63. The van der Waals surface area contributed by atoms with Crippen LogP contribution in [0.2, 0.25) is 0 Å². The summed E-state index contributed by atoms with van der Waals surface area (Å²) in [7, 11) is 0. The van der Waals surface area contributed by atoms with Crippen LogP contribution in [0.25, 0.3) is 22.6 Å². The molecule has 7 heteroatoms. The van der Waals surface area contributed by atoms with Gasteiger partial charge in [0.2, 0.25) is 11.8 Å². The van der Waals surface area contributed by atoms with Crippen molar-refractivity contribution in [3.05, 3.63) is 70.9 Å². The molecule has 2 heterocycles. The van der Waals surface area contributed by atoms with Crippen molar-refractivity contribution >= 4 is 39.9 Å². The molecule has 2 aromatic heterocycles. The Balaban J connectivity index is 1.45. The number of carbonyl (C=O) groups excluding carboxylic acids is 2. The largest absolute Gasteiger partial charge is 0.436 e. The Morgan fingerprint density at radius 1 is 1.00 bits per heavy atom. The normalized spacial score (nSPS) is 12.1. The number of rotatable bonds is 6. The molecule has 0 aliphatic rings. The average Bonchev–Trinajstić information content (AvgIpc) is 3.42. The van der Waals surface area contributed by atoms with Crippen molar-refractivity contribution in [1.29, 1.82) is 0 Å². The van der Waals surface area contributed by atoms with Crippen LogP contribution in [0, 0.1) is 5.92 Å². The van der Waals surface area contributed by atoms with E-state index in [-0.39, 0.29) is 17.7 Å². The van der Waals surface area contributed by atoms with Crippen molar-refractivity contribution < 1.29 is 14.0 Å². The lowest BCUT2D eigenvalue weighted by molar-refractivity contribution is -0.118. The van der Waals surface area contributed by atoms with E-state index in [9.17, 15) is 9.59 Å². The number of para-hydroxylation sites is 2. The number of oxazole rings is 1. The number of carbonyl (C=O) groups is 2. The maximum atomic E-state index is 12.8. The molecule has 0 aliphatic carbocycles. The third kappa shape index (κ3) is 4.26. The molecule has 4 aromatic rings. The number of fused-ring (bicyclic) bond motifs is 1. The third-order valence-corrected chi connectivity index (χ3v) is 5.54. The molecule has 0 saturated heterocycles. The number of benzene rings is 2. The van der Waals surface area contributed by atoms with E-state index in [1.54, 1.807) is 18.2 Å². The second kappa shape index (κ2) is 8.51. The first-order valence-corrected chi connectivity index (χ1v) is 10.5. The first kappa shape index (κ1) is 19.8. The van der Waals surface area contributed by atoms with Gasteiger partial charge in [0.1, 0.15) is 11.6 Å². The number of nitrogens with zero attached hydrogens (tertiary/aromatic N) is 1. The van der Waals surface area contributed by atoms with Gasteiger partial charge in [-0.1, -0.05) is 32.0 Å². The van der Waals surface area contributed by atoms with Gasteiger partial charge in [-0.2, -0.15) is 0 Å². The highest BCUT2D eigenvalue weighted by Crippen LogP contribution is 2.25. The molecular formula is C23H21N3O3S. The summed E-state index contributed by atoms with van der Waals surface area (Å²) in [5, 5.41) is 7.53. The van der Waals surface area contributed by atoms with Gasteiger partial charge in [-0.15, -0.1) is 11.3 Å². The zero-order chi connectivity index (χ0) is 21.1. The Labute approximate surface area is 177 Å². The van der Waals surface area contributed by atoms with Crippen LogP contribution in [-0.2, 0) is 4.79 Å². The Morgan fingerprint density at radius 2 is 1.77 bits per heavy atom. The lowest BCUT2D eigenvalue weighted by Crippen LogP contribution is -2.46. The second-order valence-electron chi connectivity index (χ2n) is 7.23. The van der Waals surface area contributed by atoms with Crippen molar-refractivity contribution in [3.8, 4) is 11.5 Å². The van der Waals surface area contributed by atoms with Crippen molar-refractivity contribution in [2.24, 2.45) is 5.92 Å². The molecule has 0 spiro atoms. The first-order chi connectivity index (χ1) is 14.5. The van der Waals surface area contributed by atoms with E-state index in [1.165, 1.54) is 11.3 Å². The van der Waals surface area contributed by atoms with E-state index in [0.717, 1.165) is 16.7 Å². The molecule has 2 N–H and O–H groups in total. The zero-order valence-electron chi connectivity index (χ0n) is 16.6. The molecule has 2 aromatic carbocycles. The molecule has 0 saturated carbocycles. The summed E-state index contributed by atoms with van der Waals surface area (Å²) < 4.78 is 5.78. The van der Waals surface area contributed by atoms with Gasteiger partial charge in [0, 0.05) is 11.3 Å². The van der Waals surface area contributed by atoms with Crippen LogP contribution < -0.4 is 10.6 Å². The highest BCUT2D eigenvalue weighted by atomic mass is 32.1. The number of hydrogen-bond acceptors (Lipinski definition) is 5. The maximum absolute atomic E-state index is 12.8. The summed E-state index contributed by atoms with van der Waals surface area (Å²) in [5.74, 6) is -0.0417. The van der Waals surface area contributed by atoms with Gasteiger partial charge in [-0.3, -0.25) is 9.59 Å². The number of anilines is 1. The number of nitrogens with one attached hydrogen (secondary N) is 2. The fraction of sp³-hybridized carbons (Fsp3) is 0.174. The molecule has 0 radical (unpaired) electrons. The second-order valence-corrected chi connectivity index (χ2v) is 8.17. The monoisotopic (exact) mass is 419 g/mol. The quantitative estimate of drug-likeness (QED) is 0.463. The number of hydrogen-bond donors (Lipinski definition) is 2. The number of amides is 2. The van der Waals surface area contributed by atoms with Gasteiger partial charge in [0.05, 0.1) is 4.88 Å². The zero-order valence-corrected chi connectivity index (χ0v) is 17.4. The molecule has 2 amide bonds. The lowest BCUT2D eigenvalue weighted by Gasteiger charge is -2.21. The summed E-state index contributed by atoms with van der Waals surface area (Å²) >= 11 is 1.34. The van der Waals surface area contributed by atoms with Gasteiger partial charge in [-0.25, -0.2) is 4.98 Å². The van der Waals surface area contributed by atoms with E-state index in [0.29, 0.717) is 16.5 Å². The number of thiophene rings is 1. The third-order valence-electron chi connectivity index (χ3n) is 4.67. The molecule has 0 bridgehead atoms. The van der Waals surface area contributed by atoms with Crippen molar-refractivity contribution in [1.82, 2.24) is 10.3 Å². The van der Waals surface area contributed by atoms with Crippen molar-refractivity contribution in [3.63, 3.8) is 0 Å². The van der Waals surface area contributed by atoms with Gasteiger partial charge < -0.3 is 15.1 Å². The van der Waals surface area contributed by atoms with Gasteiger partial charge in [0.25, 0.3) is 5.91 Å². The topological polar surface area (TPSA) is 84.2 Å². The Morgan fingerprint density at radius 3 is 2.43 bits per heavy atom. The summed E-state index contributed by atoms with van der Waals surface area (Å²) in [6.45, 7) is 3.80. The van der Waals surface area contributed by atoms with Gasteiger partial charge in [0.15, 0.2) is 5.58 Å². The molecule has 30 heavy (non-hydrogen) atoms. The fourth-order valence-electron chi connectivity index (χ4n) is 3.07. The first-order valence-electron chi connectivity index (χ1n) is 9.62. The predicted octanol–water partition coefficient (Wildman–Crippen LogP) is 4.95. The summed E-state index contributed by atoms with van der Waals surface area (Å²) in [6, 6.07) is 17.8. The molecule has 1 atom stereocenters. The smallest absolute Gasteiger partial charge is 0.262 e. The van der Waals surface area contributed by atoms with Crippen LogP contribution in [-0.4, -0.2) is 22.8 Å². The van der Waals surface area contributed by atoms with Crippen LogP contribution in [0.4, 0.5) is 5.69 Å². The van der Waals surface area contributed by atoms with Crippen LogP contribution in [0.1, 0.15) is 23.5 Å². The van der Waals surface area contributed by atoms with Crippen molar-refractivity contribution in [2.45, 2.75) is 19.9 Å². The summed E-state index contributed by atoms with van der Waals surface area (Å²) in [5.41, 5.74) is 2.98. The highest BCUT2D eigenvalue weighted by Gasteiger charge is 2.25. The van der Waals surface area contributed by atoms with Crippen LogP contribution in [0.3, 0.4) is 0 Å². The van der Waals surface area contributed by atoms with Crippen molar-refractivity contribution in [2.75, 3.05) is 5.32 Å². The van der Waals surface area contributed by atoms with Crippen LogP contribution in [0.5, 0.6) is 0 Å².